The quantitative estimate of drug-likeness (QED) is 0.779. The van der Waals surface area contributed by atoms with Crippen molar-refractivity contribution in [2.45, 2.75) is 31.8 Å². The van der Waals surface area contributed by atoms with E-state index in [1.807, 2.05) is 18.2 Å². The van der Waals surface area contributed by atoms with Crippen LogP contribution in [0.1, 0.15) is 35.9 Å². The summed E-state index contributed by atoms with van der Waals surface area (Å²) < 4.78 is 0. The summed E-state index contributed by atoms with van der Waals surface area (Å²) in [5, 5.41) is 2.11. The van der Waals surface area contributed by atoms with Crippen LogP contribution in [0, 0.1) is 0 Å². The summed E-state index contributed by atoms with van der Waals surface area (Å²) in [6.07, 6.45) is 5.10. The Bertz CT molecular complexity index is 876. The third-order valence-electron chi connectivity index (χ3n) is 4.56. The van der Waals surface area contributed by atoms with Gasteiger partial charge in [0, 0.05) is 23.7 Å². The fourth-order valence-electron chi connectivity index (χ4n) is 3.39. The standard InChI is InChI=1S/C19H20N4OS/c24-18-12-16(21-19(22-18)15-7-1-3-9-20-15)17-8-2-4-10-23(17)13-14-6-5-11-25-14/h1,3,5-7,9,11-12,17H,2,4,8,10,13H2,(H,21,22,24)/t17-/m0/s1. The molecule has 3 aromatic heterocycles. The molecule has 128 valence electrons. The summed E-state index contributed by atoms with van der Waals surface area (Å²) in [7, 11) is 0. The van der Waals surface area contributed by atoms with Crippen molar-refractivity contribution < 1.29 is 0 Å². The summed E-state index contributed by atoms with van der Waals surface area (Å²) in [5.41, 5.74) is 1.43. The first-order valence-corrected chi connectivity index (χ1v) is 9.47. The summed E-state index contributed by atoms with van der Waals surface area (Å²) in [6.45, 7) is 1.95. The van der Waals surface area contributed by atoms with Gasteiger partial charge in [0.05, 0.1) is 11.7 Å². The lowest BCUT2D eigenvalue weighted by atomic mass is 9.99. The van der Waals surface area contributed by atoms with E-state index >= 15 is 0 Å². The normalized spacial score (nSPS) is 18.3. The maximum atomic E-state index is 12.2. The highest BCUT2D eigenvalue weighted by atomic mass is 32.1. The zero-order valence-corrected chi connectivity index (χ0v) is 14.7. The molecule has 0 aromatic carbocycles. The van der Waals surface area contributed by atoms with E-state index in [2.05, 4.69) is 32.4 Å². The summed E-state index contributed by atoms with van der Waals surface area (Å²) >= 11 is 1.78. The maximum Gasteiger partial charge on any atom is 0.251 e. The second-order valence-electron chi connectivity index (χ2n) is 6.30. The van der Waals surface area contributed by atoms with E-state index in [1.54, 1.807) is 23.6 Å². The van der Waals surface area contributed by atoms with Crippen LogP contribution >= 0.6 is 11.3 Å². The molecule has 0 radical (unpaired) electrons. The first-order valence-electron chi connectivity index (χ1n) is 8.59. The minimum atomic E-state index is -0.118. The lowest BCUT2D eigenvalue weighted by Crippen LogP contribution is -2.34. The van der Waals surface area contributed by atoms with E-state index in [0.717, 1.165) is 25.2 Å². The molecule has 1 atom stereocenters. The van der Waals surface area contributed by atoms with Crippen molar-refractivity contribution >= 4 is 11.3 Å². The Morgan fingerprint density at radius 1 is 1.24 bits per heavy atom. The predicted molar refractivity (Wildman–Crippen MR) is 99.4 cm³/mol. The summed E-state index contributed by atoms with van der Waals surface area (Å²) in [4.78, 5) is 27.9. The first-order chi connectivity index (χ1) is 12.3. The van der Waals surface area contributed by atoms with E-state index in [4.69, 9.17) is 4.98 Å². The SMILES string of the molecule is O=c1cc([C@@H]2CCCCN2Cc2cccs2)nc(-c2ccccn2)[nH]1. The van der Waals surface area contributed by atoms with Gasteiger partial charge in [-0.05, 0) is 43.0 Å². The molecular formula is C19H20N4OS. The van der Waals surface area contributed by atoms with Crippen LogP contribution in [-0.4, -0.2) is 26.4 Å². The highest BCUT2D eigenvalue weighted by Gasteiger charge is 2.26. The van der Waals surface area contributed by atoms with Gasteiger partial charge < -0.3 is 4.98 Å². The van der Waals surface area contributed by atoms with Gasteiger partial charge in [0.15, 0.2) is 5.82 Å². The van der Waals surface area contributed by atoms with Gasteiger partial charge in [0.25, 0.3) is 5.56 Å². The van der Waals surface area contributed by atoms with Crippen LogP contribution in [0.4, 0.5) is 0 Å². The van der Waals surface area contributed by atoms with Crippen molar-refractivity contribution in [1.29, 1.82) is 0 Å². The average Bonchev–Trinajstić information content (AvgIpc) is 3.15. The molecule has 1 fully saturated rings. The molecule has 1 saturated heterocycles. The van der Waals surface area contributed by atoms with Crippen LogP contribution in [0.2, 0.25) is 0 Å². The van der Waals surface area contributed by atoms with Crippen LogP contribution in [0.25, 0.3) is 11.5 Å². The molecule has 1 N–H and O–H groups in total. The van der Waals surface area contributed by atoms with E-state index in [0.29, 0.717) is 11.5 Å². The molecule has 0 unspecified atom stereocenters. The second-order valence-corrected chi connectivity index (χ2v) is 7.33. The highest BCUT2D eigenvalue weighted by molar-refractivity contribution is 7.09. The molecule has 1 aliphatic rings. The van der Waals surface area contributed by atoms with Crippen LogP contribution < -0.4 is 5.56 Å². The molecule has 0 bridgehead atoms. The Hall–Kier alpha value is -2.31. The van der Waals surface area contributed by atoms with Crippen LogP contribution in [0.3, 0.4) is 0 Å². The van der Waals surface area contributed by atoms with Gasteiger partial charge >= 0.3 is 0 Å². The molecule has 25 heavy (non-hydrogen) atoms. The smallest absolute Gasteiger partial charge is 0.251 e. The molecule has 4 heterocycles. The Labute approximate surface area is 150 Å². The van der Waals surface area contributed by atoms with Gasteiger partial charge in [0.1, 0.15) is 5.69 Å². The number of hydrogen-bond acceptors (Lipinski definition) is 5. The third-order valence-corrected chi connectivity index (χ3v) is 5.42. The topological polar surface area (TPSA) is 61.9 Å². The average molecular weight is 352 g/mol. The first kappa shape index (κ1) is 16.2. The Morgan fingerprint density at radius 3 is 3.00 bits per heavy atom. The zero-order valence-electron chi connectivity index (χ0n) is 13.9. The number of aromatic nitrogens is 3. The third kappa shape index (κ3) is 3.70. The number of aromatic amines is 1. The number of thiophene rings is 1. The van der Waals surface area contributed by atoms with Gasteiger partial charge in [-0.1, -0.05) is 18.6 Å². The number of rotatable bonds is 4. The van der Waals surface area contributed by atoms with E-state index in [9.17, 15) is 4.79 Å². The van der Waals surface area contributed by atoms with Gasteiger partial charge in [-0.25, -0.2) is 4.98 Å². The van der Waals surface area contributed by atoms with Gasteiger partial charge in [-0.2, -0.15) is 0 Å². The van der Waals surface area contributed by atoms with Crippen molar-refractivity contribution in [2.75, 3.05) is 6.54 Å². The number of nitrogens with one attached hydrogen (secondary N) is 1. The monoisotopic (exact) mass is 352 g/mol. The van der Waals surface area contributed by atoms with Crippen molar-refractivity contribution in [1.82, 2.24) is 19.9 Å². The molecule has 0 amide bonds. The molecule has 0 aliphatic carbocycles. The molecule has 5 nitrogen and oxygen atoms in total. The molecule has 6 heteroatoms. The Morgan fingerprint density at radius 2 is 2.20 bits per heavy atom. The second kappa shape index (κ2) is 7.29. The van der Waals surface area contributed by atoms with Gasteiger partial charge in [0.2, 0.25) is 0 Å². The van der Waals surface area contributed by atoms with E-state index in [1.165, 1.54) is 17.7 Å². The van der Waals surface area contributed by atoms with Crippen molar-refractivity contribution in [2.24, 2.45) is 0 Å². The number of pyridine rings is 1. The molecule has 4 rings (SSSR count). The van der Waals surface area contributed by atoms with Gasteiger partial charge in [-0.15, -0.1) is 11.3 Å². The van der Waals surface area contributed by atoms with Gasteiger partial charge in [-0.3, -0.25) is 14.7 Å². The van der Waals surface area contributed by atoms with Crippen LogP contribution in [0.15, 0.2) is 52.8 Å². The Kier molecular flexibility index (Phi) is 4.72. The number of hydrogen-bond donors (Lipinski definition) is 1. The number of nitrogens with zero attached hydrogens (tertiary/aromatic N) is 3. The maximum absolute atomic E-state index is 12.2. The lowest BCUT2D eigenvalue weighted by molar-refractivity contribution is 0.138. The molecule has 0 saturated carbocycles. The number of likely N-dealkylation sites (tertiary alicyclic amines) is 1. The predicted octanol–water partition coefficient (Wildman–Crippen LogP) is 3.62. The zero-order chi connectivity index (χ0) is 17.1. The summed E-state index contributed by atoms with van der Waals surface area (Å²) in [6, 6.07) is 11.7. The number of piperidine rings is 1. The fraction of sp³-hybridized carbons (Fsp3) is 0.316. The van der Waals surface area contributed by atoms with Crippen LogP contribution in [0.5, 0.6) is 0 Å². The highest BCUT2D eigenvalue weighted by Crippen LogP contribution is 2.31. The minimum absolute atomic E-state index is 0.118. The molecule has 0 spiro atoms. The molecule has 1 aliphatic heterocycles. The molecule has 3 aromatic rings. The largest absolute Gasteiger partial charge is 0.305 e. The van der Waals surface area contributed by atoms with E-state index in [-0.39, 0.29) is 11.6 Å². The fourth-order valence-corrected chi connectivity index (χ4v) is 4.12. The lowest BCUT2D eigenvalue weighted by Gasteiger charge is -2.35. The van der Waals surface area contributed by atoms with Crippen molar-refractivity contribution in [3.63, 3.8) is 0 Å². The minimum Gasteiger partial charge on any atom is -0.305 e. The molecular weight excluding hydrogens is 332 g/mol. The van der Waals surface area contributed by atoms with Crippen molar-refractivity contribution in [3.8, 4) is 11.5 Å². The van der Waals surface area contributed by atoms with Crippen molar-refractivity contribution in [3.05, 3.63) is 68.9 Å². The summed E-state index contributed by atoms with van der Waals surface area (Å²) in [5.74, 6) is 0.546. The van der Waals surface area contributed by atoms with Crippen LogP contribution in [-0.2, 0) is 6.54 Å². The van der Waals surface area contributed by atoms with E-state index < -0.39 is 0 Å². The Balaban J connectivity index is 1.67. The number of H-pyrrole nitrogens is 1.